The molecule has 2 aromatic rings. The summed E-state index contributed by atoms with van der Waals surface area (Å²) in [7, 11) is 0. The number of hydrogen-bond acceptors (Lipinski definition) is 16. The third-order valence-electron chi connectivity index (χ3n) is 12.1. The fourth-order valence-corrected chi connectivity index (χ4v) is 8.26. The third kappa shape index (κ3) is 23.8. The van der Waals surface area contributed by atoms with Gasteiger partial charge in [0.15, 0.2) is 5.96 Å². The van der Waals surface area contributed by atoms with Crippen LogP contribution in [0.25, 0.3) is 10.9 Å². The van der Waals surface area contributed by atoms with Crippen LogP contribution in [-0.2, 0) is 59.2 Å². The van der Waals surface area contributed by atoms with E-state index in [9.17, 15) is 73.2 Å². The van der Waals surface area contributed by atoms with Gasteiger partial charge in [0.2, 0.25) is 53.2 Å². The number of aliphatic hydroxyl groups excluding tert-OH is 2. The minimum absolute atomic E-state index is 0.0104. The molecule has 30 heteroatoms. The number of fused-ring (bicyclic) bond motifs is 1. The molecule has 0 bridgehead atoms. The summed E-state index contributed by atoms with van der Waals surface area (Å²) in [4.78, 5) is 153. The summed E-state index contributed by atoms with van der Waals surface area (Å²) in [6.45, 7) is 7.55. The number of carbonyl (C=O) groups excluding carboxylic acids is 9. The molecule has 0 saturated carbocycles. The summed E-state index contributed by atoms with van der Waals surface area (Å²) in [6.07, 6.45) is 0.226. The van der Waals surface area contributed by atoms with Gasteiger partial charge < -0.3 is 90.5 Å². The Morgan fingerprint density at radius 2 is 1.18 bits per heavy atom. The van der Waals surface area contributed by atoms with Crippen LogP contribution in [0.3, 0.4) is 0 Å². The van der Waals surface area contributed by atoms with E-state index in [0.717, 1.165) is 0 Å². The lowest BCUT2D eigenvalue weighted by Crippen LogP contribution is -2.61. The van der Waals surface area contributed by atoms with Gasteiger partial charge in [-0.15, -0.1) is 0 Å². The smallest absolute Gasteiger partial charge is 0.326 e. The van der Waals surface area contributed by atoms with Gasteiger partial charge >= 0.3 is 11.9 Å². The first kappa shape index (κ1) is 68.5. The number of carboxylic acid groups (broad SMARTS) is 2. The van der Waals surface area contributed by atoms with Crippen LogP contribution in [0.4, 0.5) is 0 Å². The van der Waals surface area contributed by atoms with Gasteiger partial charge in [-0.1, -0.05) is 45.9 Å². The van der Waals surface area contributed by atoms with Crippen molar-refractivity contribution in [2.45, 2.75) is 147 Å². The quantitative estimate of drug-likeness (QED) is 0.0175. The Hall–Kier alpha value is -7.57. The van der Waals surface area contributed by atoms with E-state index in [1.165, 1.54) is 25.6 Å². The van der Waals surface area contributed by atoms with Gasteiger partial charge in [0, 0.05) is 36.5 Å². The van der Waals surface area contributed by atoms with Crippen molar-refractivity contribution in [3.63, 3.8) is 0 Å². The van der Waals surface area contributed by atoms with Crippen LogP contribution in [0.2, 0.25) is 0 Å². The zero-order valence-electron chi connectivity index (χ0n) is 46.0. The van der Waals surface area contributed by atoms with E-state index in [2.05, 4.69) is 57.8 Å². The summed E-state index contributed by atoms with van der Waals surface area (Å²) < 4.78 is 0. The largest absolute Gasteiger partial charge is 0.481 e. The number of rotatable bonds is 36. The molecule has 0 fully saturated rings. The van der Waals surface area contributed by atoms with E-state index in [1.807, 2.05) is 0 Å². The van der Waals surface area contributed by atoms with Crippen molar-refractivity contribution in [1.29, 1.82) is 0 Å². The van der Waals surface area contributed by atoms with Gasteiger partial charge in [0.05, 0.1) is 25.3 Å². The average Bonchev–Trinajstić information content (AvgIpc) is 3.80. The van der Waals surface area contributed by atoms with Crippen LogP contribution >= 0.6 is 11.8 Å². The summed E-state index contributed by atoms with van der Waals surface area (Å²) in [6, 6.07) is -6.29. The minimum Gasteiger partial charge on any atom is -0.481 e. The number of H-pyrrole nitrogens is 1. The molecule has 0 aliphatic heterocycles. The molecule has 29 nitrogen and oxygen atoms in total. The molecule has 1 heterocycles. The predicted molar refractivity (Wildman–Crippen MR) is 295 cm³/mol. The number of amides is 9. The van der Waals surface area contributed by atoms with E-state index in [4.69, 9.17) is 17.2 Å². The topological polar surface area (TPSA) is 483 Å². The highest BCUT2D eigenvalue weighted by molar-refractivity contribution is 7.98. The van der Waals surface area contributed by atoms with Gasteiger partial charge in [0.25, 0.3) is 0 Å². The molecule has 1 aromatic heterocycles. The molecule has 1 aromatic carbocycles. The Balaban J connectivity index is 2.49. The molecule has 446 valence electrons. The maximum atomic E-state index is 14.4. The zero-order valence-corrected chi connectivity index (χ0v) is 46.8. The SMILES string of the molecule is CSCC[C@H](NC(=O)[C@H](CCCN=C(N)N)NC(=O)[C@@H](NC(=O)CNC(=O)[C@H](C)N)[C@@H](C)O)C(=O)N[C@@H](CO)C(=O)N[C@@H](Cc1c[nH]c2ccccc12)C(=O)N[C@@H](CCC(=O)O)C(=O)N[C@H](C(=O)N[C@@H](CC(C)C)C(=O)O)C(C)C. The maximum Gasteiger partial charge on any atom is 0.326 e. The lowest BCUT2D eigenvalue weighted by molar-refractivity contribution is -0.143. The van der Waals surface area contributed by atoms with Crippen molar-refractivity contribution in [3.05, 3.63) is 36.0 Å². The number of nitrogens with zero attached hydrogens (tertiary/aromatic N) is 1. The van der Waals surface area contributed by atoms with E-state index in [1.54, 1.807) is 64.4 Å². The van der Waals surface area contributed by atoms with Crippen LogP contribution in [0.15, 0.2) is 35.5 Å². The summed E-state index contributed by atoms with van der Waals surface area (Å²) in [5.41, 5.74) is 17.5. The fourth-order valence-electron chi connectivity index (χ4n) is 7.79. The maximum absolute atomic E-state index is 14.4. The normalized spacial score (nSPS) is 14.9. The van der Waals surface area contributed by atoms with Crippen molar-refractivity contribution < 1.29 is 73.2 Å². The number of aromatic nitrogens is 1. The second kappa shape index (κ2) is 34.4. The molecule has 10 atom stereocenters. The molecular formula is C50H80N14O15S. The number of hydrogen-bond donors (Lipinski definition) is 17. The first-order valence-electron chi connectivity index (χ1n) is 25.9. The van der Waals surface area contributed by atoms with Crippen molar-refractivity contribution in [2.24, 2.45) is 34.0 Å². The Morgan fingerprint density at radius 3 is 1.73 bits per heavy atom. The van der Waals surface area contributed by atoms with E-state index < -0.39 is 157 Å². The Morgan fingerprint density at radius 1 is 0.650 bits per heavy atom. The number of aliphatic hydroxyl groups is 2. The van der Waals surface area contributed by atoms with E-state index in [-0.39, 0.29) is 56.3 Å². The first-order valence-corrected chi connectivity index (χ1v) is 27.3. The standard InChI is InChI=1S/C50H80N14O15S/c1-24(2)19-35(49(78)79)61-47(76)39(25(3)4)64-44(73)32(14-15-38(68)69)57-45(74)34(20-28-21-55-30-12-9-8-11-29(28)30)60-46(75)36(23-65)62-43(72)33(16-18-80-7)58-42(71)31(13-10-17-54-50(52)53)59-48(77)40(27(6)66)63-37(67)22-56-41(70)26(5)51/h8-9,11-12,21,24-27,31-36,39-40,55,65-66H,10,13-20,22-23,51H2,1-7H3,(H,56,70)(H,57,74)(H,58,71)(H,59,77)(H,60,75)(H,61,76)(H,62,72)(H,63,67)(H,64,73)(H,68,69)(H,78,79)(H4,52,53,54)/t26-,27+,31-,32-,33-,34-,35-,36-,39-,40-/m0/s1. The lowest BCUT2D eigenvalue weighted by atomic mass is 9.99. The van der Waals surface area contributed by atoms with Crippen LogP contribution in [0, 0.1) is 11.8 Å². The number of para-hydroxylation sites is 1. The number of benzene rings is 1. The highest BCUT2D eigenvalue weighted by Gasteiger charge is 2.36. The Bertz CT molecular complexity index is 2490. The number of nitrogens with one attached hydrogen (secondary N) is 10. The molecule has 80 heavy (non-hydrogen) atoms. The van der Waals surface area contributed by atoms with Gasteiger partial charge in [0.1, 0.15) is 48.3 Å². The third-order valence-corrected chi connectivity index (χ3v) is 12.8. The summed E-state index contributed by atoms with van der Waals surface area (Å²) in [5, 5.41) is 62.9. The molecule has 20 N–H and O–H groups in total. The van der Waals surface area contributed by atoms with E-state index in [0.29, 0.717) is 16.5 Å². The van der Waals surface area contributed by atoms with Gasteiger partial charge in [-0.25, -0.2) is 4.79 Å². The second-order valence-corrected chi connectivity index (χ2v) is 20.8. The summed E-state index contributed by atoms with van der Waals surface area (Å²) >= 11 is 1.28. The average molecular weight is 1150 g/mol. The molecule has 0 aliphatic carbocycles. The van der Waals surface area contributed by atoms with Gasteiger partial charge in [-0.3, -0.25) is 52.9 Å². The first-order chi connectivity index (χ1) is 37.6. The van der Waals surface area contributed by atoms with Gasteiger partial charge in [-0.2, -0.15) is 11.8 Å². The highest BCUT2D eigenvalue weighted by Crippen LogP contribution is 2.20. The monoisotopic (exact) mass is 1150 g/mol. The zero-order chi connectivity index (χ0) is 60.4. The van der Waals surface area contributed by atoms with Crippen LogP contribution in [0.5, 0.6) is 0 Å². The van der Waals surface area contributed by atoms with Crippen molar-refractivity contribution in [1.82, 2.24) is 52.8 Å². The molecule has 0 radical (unpaired) electrons. The predicted octanol–water partition coefficient (Wildman–Crippen LogP) is -4.12. The van der Waals surface area contributed by atoms with E-state index >= 15 is 0 Å². The molecule has 2 rings (SSSR count). The lowest BCUT2D eigenvalue weighted by Gasteiger charge is -2.28. The minimum atomic E-state index is -1.81. The number of aliphatic carboxylic acids is 2. The molecule has 0 unspecified atom stereocenters. The number of thioether (sulfide) groups is 1. The summed E-state index contributed by atoms with van der Waals surface area (Å²) in [5.74, 6) is -12.0. The second-order valence-electron chi connectivity index (χ2n) is 19.8. The number of aliphatic imine (C=N–C) groups is 1. The van der Waals surface area contributed by atoms with Crippen molar-refractivity contribution in [2.75, 3.05) is 31.7 Å². The molecule has 0 spiro atoms. The van der Waals surface area contributed by atoms with Crippen molar-refractivity contribution >= 4 is 93.7 Å². The highest BCUT2D eigenvalue weighted by atomic mass is 32.2. The van der Waals surface area contributed by atoms with Crippen LogP contribution in [0.1, 0.15) is 85.6 Å². The number of carbonyl (C=O) groups is 11. The molecular weight excluding hydrogens is 1070 g/mol. The van der Waals surface area contributed by atoms with Gasteiger partial charge in [-0.05, 0) is 81.4 Å². The fraction of sp³-hybridized carbons (Fsp3) is 0.600. The molecule has 0 aliphatic rings. The van der Waals surface area contributed by atoms with Crippen LogP contribution in [-0.4, -0.2) is 189 Å². The number of guanidine groups is 1. The Labute approximate surface area is 467 Å². The molecule has 0 saturated heterocycles. The molecule has 9 amide bonds. The number of carboxylic acids is 2. The van der Waals surface area contributed by atoms with Crippen molar-refractivity contribution in [3.8, 4) is 0 Å². The number of nitrogens with two attached hydrogens (primary N) is 3. The number of aromatic amines is 1. The van der Waals surface area contributed by atoms with Crippen LogP contribution < -0.4 is 65.1 Å². The Kier molecular flexibility index (Phi) is 29.5.